The first-order valence-electron chi connectivity index (χ1n) is 7.26. The van der Waals surface area contributed by atoms with Gasteiger partial charge in [-0.2, -0.15) is 0 Å². The number of carbonyl (C=O) groups excluding carboxylic acids is 1. The molecule has 0 spiro atoms. The molecule has 1 saturated heterocycles. The van der Waals surface area contributed by atoms with E-state index in [1.807, 2.05) is 11.8 Å². The molecule has 1 aromatic carbocycles. The van der Waals surface area contributed by atoms with Crippen LogP contribution < -0.4 is 5.32 Å². The van der Waals surface area contributed by atoms with E-state index >= 15 is 0 Å². The fourth-order valence-corrected chi connectivity index (χ4v) is 3.35. The lowest BCUT2D eigenvalue weighted by Gasteiger charge is -2.34. The summed E-state index contributed by atoms with van der Waals surface area (Å²) in [5.74, 6) is 0.180. The highest BCUT2D eigenvalue weighted by Gasteiger charge is 2.22. The van der Waals surface area contributed by atoms with Gasteiger partial charge in [0, 0.05) is 25.7 Å². The molecular weight excluding hydrogens is 324 g/mol. The van der Waals surface area contributed by atoms with Crippen molar-refractivity contribution in [3.63, 3.8) is 0 Å². The lowest BCUT2D eigenvalue weighted by atomic mass is 10.1. The second kappa shape index (κ2) is 7.94. The normalized spacial score (nSPS) is 18.6. The number of nitrogens with zero attached hydrogens (tertiary/aromatic N) is 1. The van der Waals surface area contributed by atoms with Crippen LogP contribution in [0.4, 0.5) is 0 Å². The van der Waals surface area contributed by atoms with E-state index in [0.29, 0.717) is 11.3 Å². The Morgan fingerprint density at radius 2 is 1.95 bits per heavy atom. The topological polar surface area (TPSA) is 66.5 Å². The summed E-state index contributed by atoms with van der Waals surface area (Å²) in [6.45, 7) is 6.02. The molecule has 1 aliphatic rings. The van der Waals surface area contributed by atoms with Crippen LogP contribution in [0.15, 0.2) is 29.2 Å². The number of hydrogen-bond acceptors (Lipinski definition) is 4. The smallest absolute Gasteiger partial charge is 0.227 e. The molecule has 1 N–H and O–H groups in total. The van der Waals surface area contributed by atoms with Crippen molar-refractivity contribution in [2.24, 2.45) is 0 Å². The number of nitrogens with one attached hydrogen (secondary N) is 1. The second-order valence-corrected chi connectivity index (χ2v) is 7.64. The summed E-state index contributed by atoms with van der Waals surface area (Å²) in [7, 11) is -3.18. The first-order chi connectivity index (χ1) is 9.94. The highest BCUT2D eigenvalue weighted by molar-refractivity contribution is 7.91. The zero-order valence-electron chi connectivity index (χ0n) is 12.9. The predicted molar refractivity (Wildman–Crippen MR) is 89.2 cm³/mol. The van der Waals surface area contributed by atoms with Gasteiger partial charge in [-0.25, -0.2) is 8.42 Å². The Morgan fingerprint density at radius 1 is 1.32 bits per heavy atom. The Bertz CT molecular complexity index is 602. The van der Waals surface area contributed by atoms with E-state index in [4.69, 9.17) is 0 Å². The SMILES string of the molecule is CCS(=O)(=O)c1ccc(CC(=O)N2CCNC[C@@H]2C)cc1.Cl. The van der Waals surface area contributed by atoms with Crippen molar-refractivity contribution in [2.75, 3.05) is 25.4 Å². The number of hydrogen-bond donors (Lipinski definition) is 1. The monoisotopic (exact) mass is 346 g/mol. The van der Waals surface area contributed by atoms with Gasteiger partial charge in [-0.1, -0.05) is 19.1 Å². The van der Waals surface area contributed by atoms with Gasteiger partial charge in [-0.05, 0) is 24.6 Å². The van der Waals surface area contributed by atoms with E-state index in [-0.39, 0.29) is 30.1 Å². The van der Waals surface area contributed by atoms with Gasteiger partial charge in [0.1, 0.15) is 0 Å². The Kier molecular flexibility index (Phi) is 6.84. The van der Waals surface area contributed by atoms with Gasteiger partial charge in [0.25, 0.3) is 0 Å². The third-order valence-corrected chi connectivity index (χ3v) is 5.59. The molecule has 1 atom stereocenters. The highest BCUT2D eigenvalue weighted by Crippen LogP contribution is 2.14. The van der Waals surface area contributed by atoms with Gasteiger partial charge in [0.05, 0.1) is 17.1 Å². The van der Waals surface area contributed by atoms with E-state index in [1.54, 1.807) is 31.2 Å². The molecule has 1 heterocycles. The quantitative estimate of drug-likeness (QED) is 0.891. The van der Waals surface area contributed by atoms with E-state index in [0.717, 1.165) is 25.2 Å². The van der Waals surface area contributed by atoms with Crippen LogP contribution in [0.3, 0.4) is 0 Å². The van der Waals surface area contributed by atoms with Crippen molar-refractivity contribution in [1.29, 1.82) is 0 Å². The molecule has 2 rings (SSSR count). The molecule has 1 aliphatic heterocycles. The first-order valence-corrected chi connectivity index (χ1v) is 8.91. The van der Waals surface area contributed by atoms with Crippen LogP contribution in [0.25, 0.3) is 0 Å². The third kappa shape index (κ3) is 4.44. The Balaban J connectivity index is 0.00000242. The van der Waals surface area contributed by atoms with Gasteiger partial charge in [0.15, 0.2) is 9.84 Å². The standard InChI is InChI=1S/C15H22N2O3S.ClH/c1-3-21(19,20)14-6-4-13(5-7-14)10-15(18)17-9-8-16-11-12(17)2;/h4-7,12,16H,3,8-11H2,1-2H3;1H/t12-;/m0./s1. The molecule has 0 radical (unpaired) electrons. The van der Waals surface area contributed by atoms with Gasteiger partial charge >= 0.3 is 0 Å². The summed E-state index contributed by atoms with van der Waals surface area (Å²) in [6.07, 6.45) is 0.316. The van der Waals surface area contributed by atoms with Crippen molar-refractivity contribution < 1.29 is 13.2 Å². The zero-order valence-corrected chi connectivity index (χ0v) is 14.5. The van der Waals surface area contributed by atoms with Crippen LogP contribution in [-0.4, -0.2) is 50.7 Å². The summed E-state index contributed by atoms with van der Waals surface area (Å²) in [4.78, 5) is 14.5. The Morgan fingerprint density at radius 3 is 2.50 bits per heavy atom. The number of halogens is 1. The minimum atomic E-state index is -3.18. The van der Waals surface area contributed by atoms with Crippen LogP contribution >= 0.6 is 12.4 Å². The van der Waals surface area contributed by atoms with Gasteiger partial charge in [-0.3, -0.25) is 4.79 Å². The van der Waals surface area contributed by atoms with E-state index in [1.165, 1.54) is 0 Å². The van der Waals surface area contributed by atoms with Crippen molar-refractivity contribution in [3.8, 4) is 0 Å². The summed E-state index contributed by atoms with van der Waals surface area (Å²) in [6, 6.07) is 6.83. The number of carbonyl (C=O) groups is 1. The number of piperazine rings is 1. The molecule has 0 bridgehead atoms. The molecule has 0 aromatic heterocycles. The molecule has 0 aliphatic carbocycles. The maximum atomic E-state index is 12.3. The fourth-order valence-electron chi connectivity index (χ4n) is 2.47. The summed E-state index contributed by atoms with van der Waals surface area (Å²) < 4.78 is 23.5. The van der Waals surface area contributed by atoms with Crippen molar-refractivity contribution in [2.45, 2.75) is 31.2 Å². The lowest BCUT2D eigenvalue weighted by Crippen LogP contribution is -2.52. The van der Waals surface area contributed by atoms with Crippen molar-refractivity contribution in [1.82, 2.24) is 10.2 Å². The molecule has 5 nitrogen and oxygen atoms in total. The fraction of sp³-hybridized carbons (Fsp3) is 0.533. The maximum Gasteiger partial charge on any atom is 0.227 e. The molecule has 0 unspecified atom stereocenters. The van der Waals surface area contributed by atoms with E-state index < -0.39 is 9.84 Å². The van der Waals surface area contributed by atoms with Crippen LogP contribution in [0.1, 0.15) is 19.4 Å². The van der Waals surface area contributed by atoms with Gasteiger partial charge < -0.3 is 10.2 Å². The minimum absolute atomic E-state index is 0. The maximum absolute atomic E-state index is 12.3. The average molecular weight is 347 g/mol. The largest absolute Gasteiger partial charge is 0.337 e. The molecule has 7 heteroatoms. The molecule has 1 aromatic rings. The number of rotatable bonds is 4. The minimum Gasteiger partial charge on any atom is -0.337 e. The third-order valence-electron chi connectivity index (χ3n) is 3.84. The van der Waals surface area contributed by atoms with Crippen LogP contribution in [-0.2, 0) is 21.1 Å². The molecule has 22 heavy (non-hydrogen) atoms. The van der Waals surface area contributed by atoms with E-state index in [9.17, 15) is 13.2 Å². The number of sulfone groups is 1. The van der Waals surface area contributed by atoms with Crippen molar-refractivity contribution in [3.05, 3.63) is 29.8 Å². The van der Waals surface area contributed by atoms with Gasteiger partial charge in [0.2, 0.25) is 5.91 Å². The molecule has 1 fully saturated rings. The summed E-state index contributed by atoms with van der Waals surface area (Å²) >= 11 is 0. The Labute approximate surface area is 138 Å². The molecule has 1 amide bonds. The average Bonchev–Trinajstić information content (AvgIpc) is 2.48. The molecule has 0 saturated carbocycles. The number of amides is 1. The Hall–Kier alpha value is -1.11. The van der Waals surface area contributed by atoms with Gasteiger partial charge in [-0.15, -0.1) is 12.4 Å². The first kappa shape index (κ1) is 18.9. The van der Waals surface area contributed by atoms with Crippen LogP contribution in [0.2, 0.25) is 0 Å². The van der Waals surface area contributed by atoms with Crippen LogP contribution in [0, 0.1) is 0 Å². The highest BCUT2D eigenvalue weighted by atomic mass is 35.5. The van der Waals surface area contributed by atoms with E-state index in [2.05, 4.69) is 5.32 Å². The molecule has 124 valence electrons. The number of benzene rings is 1. The van der Waals surface area contributed by atoms with Crippen molar-refractivity contribution >= 4 is 28.2 Å². The molecular formula is C15H23ClN2O3S. The summed E-state index contributed by atoms with van der Waals surface area (Å²) in [5, 5.41) is 3.25. The second-order valence-electron chi connectivity index (χ2n) is 5.36. The summed E-state index contributed by atoms with van der Waals surface area (Å²) in [5.41, 5.74) is 0.848. The lowest BCUT2D eigenvalue weighted by molar-refractivity contribution is -0.133. The predicted octanol–water partition coefficient (Wildman–Crippen LogP) is 1.26. The zero-order chi connectivity index (χ0) is 15.5. The van der Waals surface area contributed by atoms with Crippen LogP contribution in [0.5, 0.6) is 0 Å².